The Morgan fingerprint density at radius 3 is 2.07 bits per heavy atom. The number of alkyl halides is 3. The van der Waals surface area contributed by atoms with Gasteiger partial charge in [0.1, 0.15) is 0 Å². The smallest absolute Gasteiger partial charge is 0.0167 e. The molecule has 15 heavy (non-hydrogen) atoms. The lowest BCUT2D eigenvalue weighted by atomic mass is 10.1. The molecular weight excluding hydrogens is 384 g/mol. The van der Waals surface area contributed by atoms with E-state index in [-0.39, 0.29) is 0 Å². The highest BCUT2D eigenvalue weighted by Crippen LogP contribution is 2.24. The standard InChI is InChI=1S/C12H23Br3/c1-3-4-5-6-7-11(14)9-12(15)8-10(2)13/h10-12H,3-9H2,1-2H3. The van der Waals surface area contributed by atoms with Crippen molar-refractivity contribution in [2.45, 2.75) is 73.3 Å². The molecule has 0 heterocycles. The molecule has 0 fully saturated rings. The molecule has 0 nitrogen and oxygen atoms in total. The molecule has 0 bridgehead atoms. The van der Waals surface area contributed by atoms with Crippen LogP contribution in [0.25, 0.3) is 0 Å². The SMILES string of the molecule is CCCCCCC(Br)CC(Br)CC(C)Br. The van der Waals surface area contributed by atoms with E-state index in [0.29, 0.717) is 14.5 Å². The van der Waals surface area contributed by atoms with Crippen LogP contribution in [0.3, 0.4) is 0 Å². The highest BCUT2D eigenvalue weighted by Gasteiger charge is 2.13. The van der Waals surface area contributed by atoms with Crippen molar-refractivity contribution < 1.29 is 0 Å². The molecule has 3 heteroatoms. The van der Waals surface area contributed by atoms with E-state index in [2.05, 4.69) is 61.6 Å². The van der Waals surface area contributed by atoms with Crippen molar-refractivity contribution in [2.24, 2.45) is 0 Å². The predicted molar refractivity (Wildman–Crippen MR) is 81.8 cm³/mol. The second kappa shape index (κ2) is 10.6. The second-order valence-corrected chi connectivity index (χ2v) is 8.45. The maximum Gasteiger partial charge on any atom is 0.0167 e. The molecule has 0 amide bonds. The van der Waals surface area contributed by atoms with E-state index in [9.17, 15) is 0 Å². The molecule has 0 rings (SSSR count). The third kappa shape index (κ3) is 11.7. The fourth-order valence-electron chi connectivity index (χ4n) is 1.64. The molecule has 0 N–H and O–H groups in total. The second-order valence-electron chi connectivity index (χ2n) is 4.30. The van der Waals surface area contributed by atoms with Gasteiger partial charge in [-0.05, 0) is 19.3 Å². The number of unbranched alkanes of at least 4 members (excludes halogenated alkanes) is 3. The zero-order valence-corrected chi connectivity index (χ0v) is 14.6. The number of hydrogen-bond donors (Lipinski definition) is 0. The highest BCUT2D eigenvalue weighted by atomic mass is 79.9. The van der Waals surface area contributed by atoms with E-state index in [1.807, 2.05) is 0 Å². The van der Waals surface area contributed by atoms with Crippen LogP contribution in [0, 0.1) is 0 Å². The largest absolute Gasteiger partial charge is 0.0893 e. The Morgan fingerprint density at radius 2 is 1.53 bits per heavy atom. The molecule has 0 aromatic heterocycles. The van der Waals surface area contributed by atoms with Gasteiger partial charge in [-0.1, -0.05) is 87.3 Å². The molecule has 92 valence electrons. The minimum absolute atomic E-state index is 0.613. The van der Waals surface area contributed by atoms with Gasteiger partial charge < -0.3 is 0 Å². The van der Waals surface area contributed by atoms with Crippen LogP contribution in [0.1, 0.15) is 58.8 Å². The summed E-state index contributed by atoms with van der Waals surface area (Å²) in [6, 6.07) is 0. The Hall–Kier alpha value is 1.44. The van der Waals surface area contributed by atoms with Crippen molar-refractivity contribution in [1.29, 1.82) is 0 Å². The molecule has 0 aliphatic rings. The van der Waals surface area contributed by atoms with Gasteiger partial charge in [0.05, 0.1) is 0 Å². The zero-order chi connectivity index (χ0) is 11.7. The lowest BCUT2D eigenvalue weighted by Crippen LogP contribution is -2.11. The van der Waals surface area contributed by atoms with E-state index < -0.39 is 0 Å². The van der Waals surface area contributed by atoms with Crippen LogP contribution in [0.5, 0.6) is 0 Å². The summed E-state index contributed by atoms with van der Waals surface area (Å²) < 4.78 is 0. The van der Waals surface area contributed by atoms with Crippen molar-refractivity contribution in [3.05, 3.63) is 0 Å². The van der Waals surface area contributed by atoms with Crippen LogP contribution >= 0.6 is 47.8 Å². The van der Waals surface area contributed by atoms with Gasteiger partial charge in [0.15, 0.2) is 0 Å². The van der Waals surface area contributed by atoms with E-state index in [0.717, 1.165) is 0 Å². The fraction of sp³-hybridized carbons (Fsp3) is 1.00. The first kappa shape index (κ1) is 16.4. The molecule has 0 aromatic carbocycles. The van der Waals surface area contributed by atoms with E-state index in [1.54, 1.807) is 0 Å². The lowest BCUT2D eigenvalue weighted by molar-refractivity contribution is 0.590. The monoisotopic (exact) mass is 404 g/mol. The van der Waals surface area contributed by atoms with Crippen LogP contribution in [-0.2, 0) is 0 Å². The molecule has 3 unspecified atom stereocenters. The van der Waals surface area contributed by atoms with Gasteiger partial charge >= 0.3 is 0 Å². The van der Waals surface area contributed by atoms with Gasteiger partial charge in [-0.25, -0.2) is 0 Å². The van der Waals surface area contributed by atoms with Crippen LogP contribution in [0.4, 0.5) is 0 Å². The van der Waals surface area contributed by atoms with Gasteiger partial charge in [-0.3, -0.25) is 0 Å². The van der Waals surface area contributed by atoms with Crippen molar-refractivity contribution in [3.8, 4) is 0 Å². The molecule has 0 radical (unpaired) electrons. The first-order chi connectivity index (χ1) is 7.06. The number of hydrogen-bond acceptors (Lipinski definition) is 0. The highest BCUT2D eigenvalue weighted by molar-refractivity contribution is 9.10. The molecule has 0 aromatic rings. The number of rotatable bonds is 9. The molecule has 0 aliphatic carbocycles. The van der Waals surface area contributed by atoms with Crippen LogP contribution in [-0.4, -0.2) is 14.5 Å². The number of halogens is 3. The maximum atomic E-state index is 3.78. The van der Waals surface area contributed by atoms with Crippen LogP contribution in [0.2, 0.25) is 0 Å². The minimum atomic E-state index is 0.613. The molecular formula is C12H23Br3. The van der Waals surface area contributed by atoms with Crippen molar-refractivity contribution in [1.82, 2.24) is 0 Å². The Balaban J connectivity index is 3.42. The normalized spacial score (nSPS) is 17.4. The van der Waals surface area contributed by atoms with E-state index >= 15 is 0 Å². The Labute approximate surface area is 120 Å². The third-order valence-electron chi connectivity index (χ3n) is 2.46. The summed E-state index contributed by atoms with van der Waals surface area (Å²) in [7, 11) is 0. The first-order valence-corrected chi connectivity index (χ1v) is 8.73. The minimum Gasteiger partial charge on any atom is -0.0893 e. The van der Waals surface area contributed by atoms with Crippen molar-refractivity contribution >= 4 is 47.8 Å². The zero-order valence-electron chi connectivity index (χ0n) is 9.82. The van der Waals surface area contributed by atoms with Gasteiger partial charge in [-0.15, -0.1) is 0 Å². The predicted octanol–water partition coefficient (Wildman–Crippen LogP) is 6.05. The summed E-state index contributed by atoms with van der Waals surface area (Å²) in [4.78, 5) is 1.94. The van der Waals surface area contributed by atoms with Gasteiger partial charge in [0.2, 0.25) is 0 Å². The Morgan fingerprint density at radius 1 is 0.867 bits per heavy atom. The topological polar surface area (TPSA) is 0 Å². The van der Waals surface area contributed by atoms with E-state index in [1.165, 1.54) is 44.9 Å². The summed E-state index contributed by atoms with van der Waals surface area (Å²) in [5.74, 6) is 0. The van der Waals surface area contributed by atoms with Crippen molar-refractivity contribution in [3.63, 3.8) is 0 Å². The van der Waals surface area contributed by atoms with E-state index in [4.69, 9.17) is 0 Å². The third-order valence-corrected chi connectivity index (χ3v) is 4.42. The summed E-state index contributed by atoms with van der Waals surface area (Å²) in [5.41, 5.74) is 0. The van der Waals surface area contributed by atoms with Crippen LogP contribution < -0.4 is 0 Å². The van der Waals surface area contributed by atoms with Gasteiger partial charge in [0, 0.05) is 14.5 Å². The summed E-state index contributed by atoms with van der Waals surface area (Å²) in [5, 5.41) is 0. The quantitative estimate of drug-likeness (QED) is 0.323. The molecule has 3 atom stereocenters. The van der Waals surface area contributed by atoms with Crippen LogP contribution in [0.15, 0.2) is 0 Å². The molecule has 0 spiro atoms. The summed E-state index contributed by atoms with van der Waals surface area (Å²) >= 11 is 11.1. The fourth-order valence-corrected chi connectivity index (χ4v) is 4.88. The first-order valence-electron chi connectivity index (χ1n) is 5.98. The van der Waals surface area contributed by atoms with Crippen molar-refractivity contribution in [2.75, 3.05) is 0 Å². The lowest BCUT2D eigenvalue weighted by Gasteiger charge is -2.15. The Kier molecular flexibility index (Phi) is 11.6. The summed E-state index contributed by atoms with van der Waals surface area (Å²) in [6.07, 6.45) is 9.23. The van der Waals surface area contributed by atoms with Gasteiger partial charge in [0.25, 0.3) is 0 Å². The summed E-state index contributed by atoms with van der Waals surface area (Å²) in [6.45, 7) is 4.47. The maximum absolute atomic E-state index is 3.78. The average molecular weight is 407 g/mol. The average Bonchev–Trinajstić information content (AvgIpc) is 2.10. The molecule has 0 aliphatic heterocycles. The molecule has 0 saturated heterocycles. The molecule has 0 saturated carbocycles. The Bertz CT molecular complexity index is 137. The van der Waals surface area contributed by atoms with Gasteiger partial charge in [-0.2, -0.15) is 0 Å².